The average molecular weight is 460 g/mol. The number of nitrogens with one attached hydrogen (secondary N) is 1. The first-order valence-corrected chi connectivity index (χ1v) is 11.3. The maximum atomic E-state index is 13.4. The summed E-state index contributed by atoms with van der Waals surface area (Å²) in [7, 11) is 3.21. The zero-order chi connectivity index (χ0) is 24.1. The van der Waals surface area contributed by atoms with Gasteiger partial charge in [-0.25, -0.2) is 0 Å². The average Bonchev–Trinajstić information content (AvgIpc) is 3.33. The Morgan fingerprint density at radius 3 is 2.53 bits per heavy atom. The lowest BCUT2D eigenvalue weighted by Crippen LogP contribution is -2.35. The lowest BCUT2D eigenvalue weighted by molar-refractivity contribution is -0.125. The number of hydrogen-bond donors (Lipinski definition) is 1. The van der Waals surface area contributed by atoms with Crippen molar-refractivity contribution >= 4 is 11.8 Å². The van der Waals surface area contributed by atoms with Crippen LogP contribution in [-0.2, 0) is 11.3 Å². The van der Waals surface area contributed by atoms with Crippen LogP contribution < -0.4 is 14.8 Å². The number of rotatable bonds is 7. The van der Waals surface area contributed by atoms with E-state index in [-0.39, 0.29) is 17.7 Å². The zero-order valence-electron chi connectivity index (χ0n) is 19.7. The maximum absolute atomic E-state index is 13.4. The molecule has 2 heterocycles. The van der Waals surface area contributed by atoms with Crippen molar-refractivity contribution in [2.24, 2.45) is 5.92 Å². The number of aromatic nitrogens is 1. The van der Waals surface area contributed by atoms with Crippen LogP contribution in [0.1, 0.15) is 33.1 Å². The van der Waals surface area contributed by atoms with Crippen LogP contribution in [0.4, 0.5) is 0 Å². The van der Waals surface area contributed by atoms with Gasteiger partial charge in [-0.2, -0.15) is 0 Å². The molecular formula is C27H29N3O4. The highest BCUT2D eigenvalue weighted by Crippen LogP contribution is 2.40. The number of nitrogens with zero attached hydrogens (tertiary/aromatic N) is 2. The summed E-state index contributed by atoms with van der Waals surface area (Å²) in [6.45, 7) is 2.96. The van der Waals surface area contributed by atoms with Gasteiger partial charge in [-0.1, -0.05) is 24.3 Å². The molecule has 0 aliphatic carbocycles. The van der Waals surface area contributed by atoms with E-state index in [9.17, 15) is 9.59 Å². The molecule has 0 unspecified atom stereocenters. The van der Waals surface area contributed by atoms with Crippen molar-refractivity contribution in [1.82, 2.24) is 15.2 Å². The first kappa shape index (κ1) is 23.3. The Kier molecular flexibility index (Phi) is 7.11. The SMILES string of the molecule is COc1ccc(OC)c([C@@H]2CN(C(=O)c3ccccc3C)C[C@@H]2C(=O)NCc2ccccn2)c1. The number of carbonyl (C=O) groups is 2. The monoisotopic (exact) mass is 459 g/mol. The quantitative estimate of drug-likeness (QED) is 0.584. The van der Waals surface area contributed by atoms with Crippen molar-refractivity contribution in [3.05, 3.63) is 89.2 Å². The molecule has 1 saturated heterocycles. The smallest absolute Gasteiger partial charge is 0.254 e. The first-order chi connectivity index (χ1) is 16.5. The Bertz CT molecular complexity index is 1170. The summed E-state index contributed by atoms with van der Waals surface area (Å²) in [4.78, 5) is 32.8. The molecular weight excluding hydrogens is 430 g/mol. The molecule has 1 fully saturated rings. The van der Waals surface area contributed by atoms with Crippen molar-refractivity contribution in [3.8, 4) is 11.5 Å². The molecule has 34 heavy (non-hydrogen) atoms. The first-order valence-electron chi connectivity index (χ1n) is 11.3. The van der Waals surface area contributed by atoms with Crippen molar-refractivity contribution in [1.29, 1.82) is 0 Å². The minimum absolute atomic E-state index is 0.0787. The molecule has 1 aliphatic heterocycles. The van der Waals surface area contributed by atoms with Crippen LogP contribution in [0.25, 0.3) is 0 Å². The lowest BCUT2D eigenvalue weighted by atomic mass is 9.87. The third-order valence-electron chi connectivity index (χ3n) is 6.33. The molecule has 3 aromatic rings. The van der Waals surface area contributed by atoms with E-state index < -0.39 is 5.92 Å². The molecule has 1 aliphatic rings. The van der Waals surface area contributed by atoms with E-state index in [1.807, 2.05) is 67.6 Å². The summed E-state index contributed by atoms with van der Waals surface area (Å²) in [5.74, 6) is 0.440. The summed E-state index contributed by atoms with van der Waals surface area (Å²) in [6.07, 6.45) is 1.70. The van der Waals surface area contributed by atoms with Crippen LogP contribution in [-0.4, -0.2) is 49.0 Å². The number of aryl methyl sites for hydroxylation is 1. The number of pyridine rings is 1. The molecule has 7 nitrogen and oxygen atoms in total. The molecule has 0 spiro atoms. The van der Waals surface area contributed by atoms with Gasteiger partial charge in [-0.05, 0) is 48.9 Å². The van der Waals surface area contributed by atoms with Crippen LogP contribution in [0.2, 0.25) is 0 Å². The molecule has 0 bridgehead atoms. The van der Waals surface area contributed by atoms with Gasteiger partial charge in [0.2, 0.25) is 5.91 Å². The van der Waals surface area contributed by atoms with Crippen LogP contribution in [0.3, 0.4) is 0 Å². The molecule has 0 radical (unpaired) electrons. The zero-order valence-corrected chi connectivity index (χ0v) is 19.7. The van der Waals surface area contributed by atoms with Gasteiger partial charge < -0.3 is 19.7 Å². The molecule has 2 atom stereocenters. The fourth-order valence-corrected chi connectivity index (χ4v) is 4.47. The van der Waals surface area contributed by atoms with E-state index in [0.717, 1.165) is 16.8 Å². The van der Waals surface area contributed by atoms with E-state index in [4.69, 9.17) is 9.47 Å². The Morgan fingerprint density at radius 1 is 1.03 bits per heavy atom. The minimum Gasteiger partial charge on any atom is -0.497 e. The van der Waals surface area contributed by atoms with E-state index >= 15 is 0 Å². The van der Waals surface area contributed by atoms with Gasteiger partial charge in [0.1, 0.15) is 11.5 Å². The largest absolute Gasteiger partial charge is 0.497 e. The summed E-state index contributed by atoms with van der Waals surface area (Å²) < 4.78 is 11.0. The number of benzene rings is 2. The molecule has 7 heteroatoms. The van der Waals surface area contributed by atoms with Crippen LogP contribution >= 0.6 is 0 Å². The topological polar surface area (TPSA) is 80.8 Å². The third-order valence-corrected chi connectivity index (χ3v) is 6.33. The Morgan fingerprint density at radius 2 is 1.82 bits per heavy atom. The maximum Gasteiger partial charge on any atom is 0.254 e. The second-order valence-corrected chi connectivity index (χ2v) is 8.38. The van der Waals surface area contributed by atoms with Gasteiger partial charge in [0.05, 0.1) is 32.4 Å². The molecule has 1 aromatic heterocycles. The van der Waals surface area contributed by atoms with Gasteiger partial charge >= 0.3 is 0 Å². The fraction of sp³-hybridized carbons (Fsp3) is 0.296. The molecule has 0 saturated carbocycles. The molecule has 176 valence electrons. The second-order valence-electron chi connectivity index (χ2n) is 8.38. The highest BCUT2D eigenvalue weighted by atomic mass is 16.5. The highest BCUT2D eigenvalue weighted by Gasteiger charge is 2.42. The summed E-state index contributed by atoms with van der Waals surface area (Å²) in [5.41, 5.74) is 3.18. The minimum atomic E-state index is -0.447. The predicted octanol–water partition coefficient (Wildman–Crippen LogP) is 3.58. The van der Waals surface area contributed by atoms with Crippen LogP contribution in [0.15, 0.2) is 66.9 Å². The highest BCUT2D eigenvalue weighted by molar-refractivity contribution is 5.96. The van der Waals surface area contributed by atoms with Gasteiger partial charge in [0.15, 0.2) is 0 Å². The lowest BCUT2D eigenvalue weighted by Gasteiger charge is -2.21. The van der Waals surface area contributed by atoms with Gasteiger partial charge in [-0.15, -0.1) is 0 Å². The van der Waals surface area contributed by atoms with Crippen LogP contribution in [0, 0.1) is 12.8 Å². The van der Waals surface area contributed by atoms with Gasteiger partial charge in [0, 0.05) is 36.3 Å². The Labute approximate surface area is 199 Å². The normalized spacial score (nSPS) is 17.3. The third kappa shape index (κ3) is 4.88. The molecule has 1 N–H and O–H groups in total. The number of likely N-dealkylation sites (tertiary alicyclic amines) is 1. The number of amides is 2. The van der Waals surface area contributed by atoms with Gasteiger partial charge in [0.25, 0.3) is 5.91 Å². The number of methoxy groups -OCH3 is 2. The summed E-state index contributed by atoms with van der Waals surface area (Å²) in [5, 5.41) is 3.01. The standard InChI is InChI=1S/C27H29N3O4/c1-18-8-4-5-10-21(18)27(32)30-16-23(22-14-20(33-2)11-12-25(22)34-3)24(17-30)26(31)29-15-19-9-6-7-13-28-19/h4-14,23-24H,15-17H2,1-3H3,(H,29,31)/t23-,24-/m0/s1. The van der Waals surface area contributed by atoms with Crippen molar-refractivity contribution in [3.63, 3.8) is 0 Å². The summed E-state index contributed by atoms with van der Waals surface area (Å²) in [6, 6.07) is 18.7. The molecule has 2 aromatic carbocycles. The Hall–Kier alpha value is -3.87. The molecule has 2 amide bonds. The van der Waals surface area contributed by atoms with Crippen LogP contribution in [0.5, 0.6) is 11.5 Å². The van der Waals surface area contributed by atoms with Gasteiger partial charge in [-0.3, -0.25) is 14.6 Å². The van der Waals surface area contributed by atoms with E-state index in [1.54, 1.807) is 25.3 Å². The number of hydrogen-bond acceptors (Lipinski definition) is 5. The number of carbonyl (C=O) groups excluding carboxylic acids is 2. The fourth-order valence-electron chi connectivity index (χ4n) is 4.47. The summed E-state index contributed by atoms with van der Waals surface area (Å²) >= 11 is 0. The van der Waals surface area contributed by atoms with Crippen molar-refractivity contribution < 1.29 is 19.1 Å². The Balaban J connectivity index is 1.64. The van der Waals surface area contributed by atoms with E-state index in [0.29, 0.717) is 36.7 Å². The number of ether oxygens (including phenoxy) is 2. The second kappa shape index (κ2) is 10.4. The van der Waals surface area contributed by atoms with E-state index in [1.165, 1.54) is 0 Å². The van der Waals surface area contributed by atoms with Crippen molar-refractivity contribution in [2.45, 2.75) is 19.4 Å². The predicted molar refractivity (Wildman–Crippen MR) is 129 cm³/mol. The van der Waals surface area contributed by atoms with E-state index in [2.05, 4.69) is 10.3 Å². The van der Waals surface area contributed by atoms with Crippen molar-refractivity contribution in [2.75, 3.05) is 27.3 Å². The molecule has 4 rings (SSSR count).